The number of halogens is 1. The molecule has 0 aliphatic rings. The number of amides is 2. The fraction of sp³-hybridized carbons (Fsp3) is 0.235. The maximum absolute atomic E-state index is 11.8. The molecular formula is C17H20ClN3O2. The molecule has 0 aliphatic carbocycles. The van der Waals surface area contributed by atoms with E-state index in [0.29, 0.717) is 41.7 Å². The molecule has 0 spiro atoms. The molecule has 6 heteroatoms. The number of hydrogen-bond acceptors (Lipinski definition) is 3. The maximum Gasteiger partial charge on any atom is 0.319 e. The summed E-state index contributed by atoms with van der Waals surface area (Å²) < 4.78 is 5.55. The van der Waals surface area contributed by atoms with Crippen molar-refractivity contribution in [2.75, 3.05) is 24.2 Å². The first-order chi connectivity index (χ1) is 11.1. The number of rotatable bonds is 6. The second-order valence-electron chi connectivity index (χ2n) is 5.10. The Balaban J connectivity index is 1.69. The zero-order valence-corrected chi connectivity index (χ0v) is 13.7. The lowest BCUT2D eigenvalue weighted by atomic mass is 10.2. The minimum absolute atomic E-state index is 0.292. The maximum atomic E-state index is 11.8. The standard InChI is InChI=1S/C17H20ClN3O2/c1-12-7-8-14(19)15(11-12)21-17(22)20-9-4-10-23-16-6-3-2-5-13(16)18/h2-3,5-8,11H,4,9-10,19H2,1H3,(H2,20,21,22). The lowest BCUT2D eigenvalue weighted by molar-refractivity contribution is 0.250. The average molecular weight is 334 g/mol. The molecule has 0 bridgehead atoms. The molecule has 5 nitrogen and oxygen atoms in total. The van der Waals surface area contributed by atoms with Crippen LogP contribution in [0.4, 0.5) is 16.2 Å². The van der Waals surface area contributed by atoms with Gasteiger partial charge in [0.05, 0.1) is 23.0 Å². The van der Waals surface area contributed by atoms with Crippen LogP contribution in [0.5, 0.6) is 5.75 Å². The second kappa shape index (κ2) is 8.29. The monoisotopic (exact) mass is 333 g/mol. The molecular weight excluding hydrogens is 314 g/mol. The molecule has 122 valence electrons. The largest absolute Gasteiger partial charge is 0.492 e. The van der Waals surface area contributed by atoms with Gasteiger partial charge in [-0.1, -0.05) is 29.8 Å². The molecule has 0 aromatic heterocycles. The third-order valence-corrected chi connectivity index (χ3v) is 3.47. The van der Waals surface area contributed by atoms with Crippen molar-refractivity contribution in [1.29, 1.82) is 0 Å². The van der Waals surface area contributed by atoms with Gasteiger partial charge in [-0.15, -0.1) is 0 Å². The summed E-state index contributed by atoms with van der Waals surface area (Å²) in [4.78, 5) is 11.8. The minimum atomic E-state index is -0.292. The number of nitrogens with one attached hydrogen (secondary N) is 2. The Morgan fingerprint density at radius 1 is 1.26 bits per heavy atom. The van der Waals surface area contributed by atoms with Crippen LogP contribution < -0.4 is 21.1 Å². The molecule has 0 aliphatic heterocycles. The normalized spacial score (nSPS) is 10.2. The predicted molar refractivity (Wildman–Crippen MR) is 94.2 cm³/mol. The van der Waals surface area contributed by atoms with Crippen molar-refractivity contribution in [3.63, 3.8) is 0 Å². The minimum Gasteiger partial charge on any atom is -0.492 e. The summed E-state index contributed by atoms with van der Waals surface area (Å²) in [5.74, 6) is 0.645. The summed E-state index contributed by atoms with van der Waals surface area (Å²) in [6.45, 7) is 2.90. The number of anilines is 2. The molecule has 23 heavy (non-hydrogen) atoms. The molecule has 0 saturated carbocycles. The van der Waals surface area contributed by atoms with Gasteiger partial charge in [-0.3, -0.25) is 0 Å². The van der Waals surface area contributed by atoms with E-state index in [9.17, 15) is 4.79 Å². The lowest BCUT2D eigenvalue weighted by Crippen LogP contribution is -2.30. The van der Waals surface area contributed by atoms with Gasteiger partial charge in [0.2, 0.25) is 0 Å². The molecule has 0 heterocycles. The molecule has 2 aromatic rings. The van der Waals surface area contributed by atoms with Crippen molar-refractivity contribution >= 4 is 29.0 Å². The predicted octanol–water partition coefficient (Wildman–Crippen LogP) is 3.82. The molecule has 4 N–H and O–H groups in total. The van der Waals surface area contributed by atoms with Crippen LogP contribution in [0.3, 0.4) is 0 Å². The van der Waals surface area contributed by atoms with E-state index in [2.05, 4.69) is 10.6 Å². The summed E-state index contributed by atoms with van der Waals surface area (Å²) in [6.07, 6.45) is 0.669. The first kappa shape index (κ1) is 17.0. The number of urea groups is 1. The van der Waals surface area contributed by atoms with Gasteiger partial charge in [0.1, 0.15) is 5.75 Å². The van der Waals surface area contributed by atoms with Crippen molar-refractivity contribution in [1.82, 2.24) is 5.32 Å². The van der Waals surface area contributed by atoms with E-state index in [1.807, 2.05) is 37.3 Å². The third-order valence-electron chi connectivity index (χ3n) is 3.16. The van der Waals surface area contributed by atoms with Crippen LogP contribution in [0.1, 0.15) is 12.0 Å². The van der Waals surface area contributed by atoms with E-state index in [-0.39, 0.29) is 6.03 Å². The van der Waals surface area contributed by atoms with Gasteiger partial charge in [-0.05, 0) is 43.2 Å². The number of carbonyl (C=O) groups excluding carboxylic acids is 1. The van der Waals surface area contributed by atoms with E-state index in [1.165, 1.54) is 0 Å². The van der Waals surface area contributed by atoms with Crippen LogP contribution in [0, 0.1) is 6.92 Å². The van der Waals surface area contributed by atoms with Crippen LogP contribution in [0.15, 0.2) is 42.5 Å². The Kier molecular flexibility index (Phi) is 6.11. The van der Waals surface area contributed by atoms with E-state index >= 15 is 0 Å². The number of hydrogen-bond donors (Lipinski definition) is 3. The van der Waals surface area contributed by atoms with Crippen molar-refractivity contribution in [2.45, 2.75) is 13.3 Å². The van der Waals surface area contributed by atoms with Crippen LogP contribution in [-0.2, 0) is 0 Å². The number of benzene rings is 2. The number of nitrogen functional groups attached to an aromatic ring is 1. The molecule has 0 atom stereocenters. The summed E-state index contributed by atoms with van der Waals surface area (Å²) in [5.41, 5.74) is 7.99. The zero-order valence-electron chi connectivity index (χ0n) is 12.9. The van der Waals surface area contributed by atoms with Crippen molar-refractivity contribution < 1.29 is 9.53 Å². The Labute approximate surface area is 140 Å². The number of aryl methyl sites for hydroxylation is 1. The molecule has 0 saturated heterocycles. The highest BCUT2D eigenvalue weighted by molar-refractivity contribution is 6.32. The Morgan fingerprint density at radius 3 is 2.83 bits per heavy atom. The molecule has 0 fully saturated rings. The zero-order chi connectivity index (χ0) is 16.7. The summed E-state index contributed by atoms with van der Waals surface area (Å²) in [5, 5.41) is 6.07. The van der Waals surface area contributed by atoms with Gasteiger partial charge in [-0.25, -0.2) is 4.79 Å². The Bertz CT molecular complexity index is 677. The highest BCUT2D eigenvalue weighted by atomic mass is 35.5. The molecule has 2 amide bonds. The number of ether oxygens (including phenoxy) is 1. The first-order valence-corrected chi connectivity index (χ1v) is 7.72. The van der Waals surface area contributed by atoms with Gasteiger partial charge in [-0.2, -0.15) is 0 Å². The SMILES string of the molecule is Cc1ccc(N)c(NC(=O)NCCCOc2ccccc2Cl)c1. The molecule has 0 unspecified atom stereocenters. The van der Waals surface area contributed by atoms with E-state index in [0.717, 1.165) is 5.56 Å². The average Bonchev–Trinajstić information content (AvgIpc) is 2.52. The first-order valence-electron chi connectivity index (χ1n) is 7.34. The summed E-state index contributed by atoms with van der Waals surface area (Å²) >= 11 is 5.99. The molecule has 2 aromatic carbocycles. The van der Waals surface area contributed by atoms with Gasteiger partial charge in [0.15, 0.2) is 0 Å². The Morgan fingerprint density at radius 2 is 2.04 bits per heavy atom. The highest BCUT2D eigenvalue weighted by Crippen LogP contribution is 2.23. The van der Waals surface area contributed by atoms with E-state index in [1.54, 1.807) is 12.1 Å². The van der Waals surface area contributed by atoms with Crippen molar-refractivity contribution in [2.24, 2.45) is 0 Å². The van der Waals surface area contributed by atoms with Gasteiger partial charge < -0.3 is 21.1 Å². The fourth-order valence-electron chi connectivity index (χ4n) is 1.96. The molecule has 2 rings (SSSR count). The highest BCUT2D eigenvalue weighted by Gasteiger charge is 2.05. The van der Waals surface area contributed by atoms with Crippen LogP contribution >= 0.6 is 11.6 Å². The van der Waals surface area contributed by atoms with E-state index < -0.39 is 0 Å². The quantitative estimate of drug-likeness (QED) is 0.555. The van der Waals surface area contributed by atoms with Crippen molar-refractivity contribution in [3.05, 3.63) is 53.1 Å². The summed E-state index contributed by atoms with van der Waals surface area (Å²) in [7, 11) is 0. The molecule has 0 radical (unpaired) electrons. The smallest absolute Gasteiger partial charge is 0.319 e. The van der Waals surface area contributed by atoms with Crippen LogP contribution in [0.2, 0.25) is 5.02 Å². The number of carbonyl (C=O) groups is 1. The van der Waals surface area contributed by atoms with Crippen LogP contribution in [-0.4, -0.2) is 19.2 Å². The fourth-order valence-corrected chi connectivity index (χ4v) is 2.15. The van der Waals surface area contributed by atoms with Gasteiger partial charge in [0, 0.05) is 6.54 Å². The topological polar surface area (TPSA) is 76.4 Å². The number of nitrogens with two attached hydrogens (primary N) is 1. The number of para-hydroxylation sites is 1. The summed E-state index contributed by atoms with van der Waals surface area (Å²) in [6, 6.07) is 12.5. The van der Waals surface area contributed by atoms with E-state index in [4.69, 9.17) is 22.1 Å². The van der Waals surface area contributed by atoms with Crippen molar-refractivity contribution in [3.8, 4) is 5.75 Å². The second-order valence-corrected chi connectivity index (χ2v) is 5.51. The Hall–Kier alpha value is -2.40. The lowest BCUT2D eigenvalue weighted by Gasteiger charge is -2.11. The van der Waals surface area contributed by atoms with Gasteiger partial charge >= 0.3 is 6.03 Å². The third kappa shape index (κ3) is 5.38. The van der Waals surface area contributed by atoms with Gasteiger partial charge in [0.25, 0.3) is 0 Å². The van der Waals surface area contributed by atoms with Crippen LogP contribution in [0.25, 0.3) is 0 Å².